The van der Waals surface area contributed by atoms with Crippen LogP contribution < -0.4 is 10.5 Å². The molecule has 0 radical (unpaired) electrons. The molecule has 2 rings (SSSR count). The van der Waals surface area contributed by atoms with E-state index in [0.717, 1.165) is 24.3 Å². The van der Waals surface area contributed by atoms with Gasteiger partial charge in [-0.25, -0.2) is 0 Å². The van der Waals surface area contributed by atoms with Crippen LogP contribution in [-0.4, -0.2) is 16.4 Å². The highest BCUT2D eigenvalue weighted by Crippen LogP contribution is 2.13. The summed E-state index contributed by atoms with van der Waals surface area (Å²) in [6.45, 7) is 4.17. The molecule has 2 N–H and O–H groups in total. The number of hydrogen-bond acceptors (Lipinski definition) is 3. The summed E-state index contributed by atoms with van der Waals surface area (Å²) >= 11 is 0. The van der Waals surface area contributed by atoms with Crippen LogP contribution in [0.3, 0.4) is 0 Å². The highest BCUT2D eigenvalue weighted by atomic mass is 16.5. The van der Waals surface area contributed by atoms with E-state index in [0.29, 0.717) is 13.2 Å². The molecule has 0 aliphatic rings. The van der Waals surface area contributed by atoms with Crippen LogP contribution in [0.25, 0.3) is 0 Å². The van der Waals surface area contributed by atoms with Crippen molar-refractivity contribution < 1.29 is 4.74 Å². The fourth-order valence-corrected chi connectivity index (χ4v) is 1.80. The van der Waals surface area contributed by atoms with Gasteiger partial charge in [0.2, 0.25) is 0 Å². The Labute approximate surface area is 107 Å². The number of ether oxygens (including phenoxy) is 1. The van der Waals surface area contributed by atoms with Crippen LogP contribution in [0.15, 0.2) is 36.5 Å². The van der Waals surface area contributed by atoms with Gasteiger partial charge in [0.15, 0.2) is 0 Å². The molecular weight excluding hydrogens is 226 g/mol. The van der Waals surface area contributed by atoms with Crippen molar-refractivity contribution in [3.63, 3.8) is 0 Å². The summed E-state index contributed by atoms with van der Waals surface area (Å²) in [4.78, 5) is 0. The lowest BCUT2D eigenvalue weighted by atomic mass is 10.2. The number of benzene rings is 1. The Morgan fingerprint density at radius 1 is 1.33 bits per heavy atom. The van der Waals surface area contributed by atoms with Crippen molar-refractivity contribution in [2.45, 2.75) is 26.4 Å². The molecular formula is C14H19N3O. The van der Waals surface area contributed by atoms with Crippen LogP contribution in [0.2, 0.25) is 0 Å². The molecule has 1 aromatic carbocycles. The molecule has 4 heteroatoms. The minimum absolute atomic E-state index is 0.545. The molecule has 0 aliphatic heterocycles. The Balaban J connectivity index is 1.76. The van der Waals surface area contributed by atoms with E-state index >= 15 is 0 Å². The first-order valence-electron chi connectivity index (χ1n) is 6.20. The summed E-state index contributed by atoms with van der Waals surface area (Å²) in [5, 5.41) is 4.23. The average molecular weight is 245 g/mol. The number of aromatic nitrogens is 2. The van der Waals surface area contributed by atoms with E-state index in [1.807, 2.05) is 41.2 Å². The molecule has 0 bridgehead atoms. The average Bonchev–Trinajstić information content (AvgIpc) is 2.81. The summed E-state index contributed by atoms with van der Waals surface area (Å²) in [7, 11) is 0. The second-order valence-corrected chi connectivity index (χ2v) is 4.25. The van der Waals surface area contributed by atoms with Gasteiger partial charge in [0.25, 0.3) is 0 Å². The third kappa shape index (κ3) is 3.34. The maximum Gasteiger partial charge on any atom is 0.119 e. The van der Waals surface area contributed by atoms with Crippen molar-refractivity contribution in [1.82, 2.24) is 9.78 Å². The van der Waals surface area contributed by atoms with Gasteiger partial charge in [0.05, 0.1) is 6.61 Å². The summed E-state index contributed by atoms with van der Waals surface area (Å²) in [6, 6.07) is 9.91. The lowest BCUT2D eigenvalue weighted by Gasteiger charge is -2.08. The minimum atomic E-state index is 0.545. The molecule has 2 aromatic rings. The Bertz CT molecular complexity index is 493. The maximum absolute atomic E-state index is 5.69. The predicted molar refractivity (Wildman–Crippen MR) is 71.4 cm³/mol. The molecule has 0 fully saturated rings. The summed E-state index contributed by atoms with van der Waals surface area (Å²) < 4.78 is 7.68. The zero-order valence-electron chi connectivity index (χ0n) is 10.7. The van der Waals surface area contributed by atoms with Gasteiger partial charge in [0, 0.05) is 31.4 Å². The molecule has 1 heterocycles. The van der Waals surface area contributed by atoms with Gasteiger partial charge in [0.1, 0.15) is 5.75 Å². The third-order valence-corrected chi connectivity index (χ3v) is 2.85. The normalized spacial score (nSPS) is 10.6. The largest absolute Gasteiger partial charge is 0.494 e. The van der Waals surface area contributed by atoms with E-state index in [1.165, 1.54) is 5.69 Å². The second-order valence-electron chi connectivity index (χ2n) is 4.25. The molecule has 0 spiro atoms. The van der Waals surface area contributed by atoms with Crippen LogP contribution >= 0.6 is 0 Å². The quantitative estimate of drug-likeness (QED) is 0.793. The van der Waals surface area contributed by atoms with E-state index in [2.05, 4.69) is 12.0 Å². The van der Waals surface area contributed by atoms with E-state index in [1.54, 1.807) is 0 Å². The SMILES string of the molecule is Cc1ccnn1CCCOc1cccc(CN)c1. The van der Waals surface area contributed by atoms with Crippen molar-refractivity contribution in [2.75, 3.05) is 6.61 Å². The van der Waals surface area contributed by atoms with E-state index in [4.69, 9.17) is 10.5 Å². The fourth-order valence-electron chi connectivity index (χ4n) is 1.80. The number of nitrogens with zero attached hydrogens (tertiary/aromatic N) is 2. The van der Waals surface area contributed by atoms with Gasteiger partial charge in [-0.15, -0.1) is 0 Å². The number of aryl methyl sites for hydroxylation is 2. The first-order chi connectivity index (χ1) is 8.79. The first kappa shape index (κ1) is 12.6. The van der Waals surface area contributed by atoms with Gasteiger partial charge in [-0.3, -0.25) is 4.68 Å². The minimum Gasteiger partial charge on any atom is -0.494 e. The Hall–Kier alpha value is -1.81. The molecule has 0 saturated carbocycles. The van der Waals surface area contributed by atoms with Crippen LogP contribution in [0.5, 0.6) is 5.75 Å². The van der Waals surface area contributed by atoms with Crippen molar-refractivity contribution in [3.8, 4) is 5.75 Å². The van der Waals surface area contributed by atoms with Crippen LogP contribution in [0, 0.1) is 6.92 Å². The van der Waals surface area contributed by atoms with Gasteiger partial charge in [-0.05, 0) is 30.7 Å². The van der Waals surface area contributed by atoms with Gasteiger partial charge in [-0.2, -0.15) is 5.10 Å². The zero-order valence-corrected chi connectivity index (χ0v) is 10.7. The smallest absolute Gasteiger partial charge is 0.119 e. The van der Waals surface area contributed by atoms with E-state index in [-0.39, 0.29) is 0 Å². The lowest BCUT2D eigenvalue weighted by molar-refractivity contribution is 0.297. The van der Waals surface area contributed by atoms with Gasteiger partial charge in [-0.1, -0.05) is 12.1 Å². The van der Waals surface area contributed by atoms with E-state index in [9.17, 15) is 0 Å². The Morgan fingerprint density at radius 2 is 2.22 bits per heavy atom. The van der Waals surface area contributed by atoms with Crippen LogP contribution in [0.1, 0.15) is 17.7 Å². The number of hydrogen-bond donors (Lipinski definition) is 1. The first-order valence-corrected chi connectivity index (χ1v) is 6.20. The fraction of sp³-hybridized carbons (Fsp3) is 0.357. The summed E-state index contributed by atoms with van der Waals surface area (Å²) in [5.41, 5.74) is 7.86. The highest BCUT2D eigenvalue weighted by Gasteiger charge is 1.98. The van der Waals surface area contributed by atoms with Crippen LogP contribution in [0.4, 0.5) is 0 Å². The molecule has 0 unspecified atom stereocenters. The Kier molecular flexibility index (Phi) is 4.36. The highest BCUT2D eigenvalue weighted by molar-refractivity contribution is 5.28. The molecule has 0 amide bonds. The zero-order chi connectivity index (χ0) is 12.8. The summed E-state index contributed by atoms with van der Waals surface area (Å²) in [6.07, 6.45) is 2.76. The molecule has 18 heavy (non-hydrogen) atoms. The molecule has 4 nitrogen and oxygen atoms in total. The molecule has 1 aromatic heterocycles. The lowest BCUT2D eigenvalue weighted by Crippen LogP contribution is -2.07. The monoisotopic (exact) mass is 245 g/mol. The van der Waals surface area contributed by atoms with Gasteiger partial charge >= 0.3 is 0 Å². The van der Waals surface area contributed by atoms with Crippen molar-refractivity contribution >= 4 is 0 Å². The second kappa shape index (κ2) is 6.21. The molecule has 96 valence electrons. The molecule has 0 atom stereocenters. The summed E-state index contributed by atoms with van der Waals surface area (Å²) in [5.74, 6) is 0.884. The molecule has 0 saturated heterocycles. The van der Waals surface area contributed by atoms with Crippen molar-refractivity contribution in [2.24, 2.45) is 5.73 Å². The predicted octanol–water partition coefficient (Wildman–Crippen LogP) is 2.12. The van der Waals surface area contributed by atoms with Crippen molar-refractivity contribution in [1.29, 1.82) is 0 Å². The number of nitrogens with two attached hydrogens (primary N) is 1. The standard InChI is InChI=1S/C14H19N3O/c1-12-6-7-16-17(12)8-3-9-18-14-5-2-4-13(10-14)11-15/h2,4-7,10H,3,8-9,11,15H2,1H3. The molecule has 0 aliphatic carbocycles. The maximum atomic E-state index is 5.69. The Morgan fingerprint density at radius 3 is 2.94 bits per heavy atom. The van der Waals surface area contributed by atoms with Gasteiger partial charge < -0.3 is 10.5 Å². The number of rotatable bonds is 6. The third-order valence-electron chi connectivity index (χ3n) is 2.85. The topological polar surface area (TPSA) is 53.1 Å². The van der Waals surface area contributed by atoms with Crippen LogP contribution in [-0.2, 0) is 13.1 Å². The van der Waals surface area contributed by atoms with E-state index < -0.39 is 0 Å². The van der Waals surface area contributed by atoms with Crippen molar-refractivity contribution in [3.05, 3.63) is 47.8 Å².